The summed E-state index contributed by atoms with van der Waals surface area (Å²) in [6.07, 6.45) is 6.09. The van der Waals surface area contributed by atoms with E-state index in [-0.39, 0.29) is 11.6 Å². The van der Waals surface area contributed by atoms with Crippen LogP contribution in [0, 0.1) is 0 Å². The van der Waals surface area contributed by atoms with Crippen LogP contribution in [0.2, 0.25) is 0 Å². The van der Waals surface area contributed by atoms with Crippen molar-refractivity contribution in [2.45, 2.75) is 50.7 Å². The molecule has 1 unspecified atom stereocenters. The zero-order valence-electron chi connectivity index (χ0n) is 7.55. The molecule has 1 aliphatic heterocycles. The van der Waals surface area contributed by atoms with E-state index in [0.717, 1.165) is 12.8 Å². The van der Waals surface area contributed by atoms with Gasteiger partial charge in [0.25, 0.3) is 6.02 Å². The molecule has 1 spiro atoms. The van der Waals surface area contributed by atoms with E-state index in [1.54, 1.807) is 0 Å². The summed E-state index contributed by atoms with van der Waals surface area (Å²) in [6.45, 7) is 2.10. The average Bonchev–Trinajstić information content (AvgIpc) is 2.29. The number of nitrogens with zero attached hydrogens (tertiary/aromatic N) is 1. The van der Waals surface area contributed by atoms with E-state index in [4.69, 9.17) is 10.5 Å². The second-order valence-corrected chi connectivity index (χ2v) is 3.87. The number of nitrogens with two attached hydrogens (primary N) is 1. The maximum atomic E-state index is 5.63. The maximum Gasteiger partial charge on any atom is 0.282 e. The van der Waals surface area contributed by atoms with Gasteiger partial charge in [-0.2, -0.15) is 0 Å². The Morgan fingerprint density at radius 3 is 2.58 bits per heavy atom. The summed E-state index contributed by atoms with van der Waals surface area (Å²) < 4.78 is 5.63. The van der Waals surface area contributed by atoms with Gasteiger partial charge in [0.15, 0.2) is 0 Å². The molecule has 12 heavy (non-hydrogen) atoms. The van der Waals surface area contributed by atoms with Crippen LogP contribution < -0.4 is 5.73 Å². The van der Waals surface area contributed by atoms with E-state index in [1.807, 2.05) is 0 Å². The molecule has 0 saturated heterocycles. The molecule has 2 aliphatic rings. The first-order valence-electron chi connectivity index (χ1n) is 4.75. The Kier molecular flexibility index (Phi) is 1.74. The third kappa shape index (κ3) is 1.08. The molecule has 0 radical (unpaired) electrons. The van der Waals surface area contributed by atoms with Crippen LogP contribution in [0.5, 0.6) is 0 Å². The Hall–Kier alpha value is -0.730. The van der Waals surface area contributed by atoms with Crippen molar-refractivity contribution in [3.05, 3.63) is 0 Å². The maximum absolute atomic E-state index is 5.63. The summed E-state index contributed by atoms with van der Waals surface area (Å²) in [5.74, 6) is 0. The Morgan fingerprint density at radius 2 is 2.08 bits per heavy atom. The number of aliphatic imine (C=N–C) groups is 1. The average molecular weight is 168 g/mol. The van der Waals surface area contributed by atoms with Gasteiger partial charge in [-0.25, -0.2) is 4.99 Å². The van der Waals surface area contributed by atoms with E-state index in [9.17, 15) is 0 Å². The first-order valence-corrected chi connectivity index (χ1v) is 4.75. The highest BCUT2D eigenvalue weighted by Crippen LogP contribution is 2.38. The molecule has 1 fully saturated rings. The lowest BCUT2D eigenvalue weighted by Gasteiger charge is -2.34. The van der Waals surface area contributed by atoms with Gasteiger partial charge in [-0.05, 0) is 32.6 Å². The van der Waals surface area contributed by atoms with Gasteiger partial charge < -0.3 is 10.5 Å². The van der Waals surface area contributed by atoms with Crippen molar-refractivity contribution in [1.82, 2.24) is 0 Å². The fourth-order valence-corrected chi connectivity index (χ4v) is 2.30. The number of rotatable bonds is 0. The Bertz CT molecular complexity index is 207. The van der Waals surface area contributed by atoms with Crippen LogP contribution in [0.15, 0.2) is 4.99 Å². The van der Waals surface area contributed by atoms with Gasteiger partial charge in [-0.15, -0.1) is 0 Å². The fraction of sp³-hybridized carbons (Fsp3) is 0.889. The summed E-state index contributed by atoms with van der Waals surface area (Å²) in [5, 5.41) is 0. The molecule has 3 nitrogen and oxygen atoms in total. The monoisotopic (exact) mass is 168 g/mol. The summed E-state index contributed by atoms with van der Waals surface area (Å²) in [5.41, 5.74) is 5.53. The third-order valence-corrected chi connectivity index (χ3v) is 3.09. The van der Waals surface area contributed by atoms with Crippen LogP contribution in [-0.4, -0.2) is 17.7 Å². The van der Waals surface area contributed by atoms with Gasteiger partial charge in [0.1, 0.15) is 5.60 Å². The first-order chi connectivity index (χ1) is 5.73. The minimum Gasteiger partial charge on any atom is -0.457 e. The van der Waals surface area contributed by atoms with Crippen LogP contribution >= 0.6 is 0 Å². The van der Waals surface area contributed by atoms with Crippen molar-refractivity contribution in [1.29, 1.82) is 0 Å². The lowest BCUT2D eigenvalue weighted by Crippen LogP contribution is -2.41. The lowest BCUT2D eigenvalue weighted by molar-refractivity contribution is 0.0214. The lowest BCUT2D eigenvalue weighted by atomic mass is 9.80. The van der Waals surface area contributed by atoms with Crippen molar-refractivity contribution in [3.8, 4) is 0 Å². The normalized spacial score (nSPS) is 33.1. The number of hydrogen-bond acceptors (Lipinski definition) is 3. The van der Waals surface area contributed by atoms with Crippen molar-refractivity contribution < 1.29 is 4.74 Å². The quantitative estimate of drug-likeness (QED) is 0.594. The molecule has 68 valence electrons. The molecule has 0 aromatic heterocycles. The summed E-state index contributed by atoms with van der Waals surface area (Å²) in [7, 11) is 0. The highest BCUT2D eigenvalue weighted by Gasteiger charge is 2.44. The van der Waals surface area contributed by atoms with Crippen LogP contribution in [0.3, 0.4) is 0 Å². The highest BCUT2D eigenvalue weighted by atomic mass is 16.5. The highest BCUT2D eigenvalue weighted by molar-refractivity contribution is 5.74. The minimum absolute atomic E-state index is 0.0255. The van der Waals surface area contributed by atoms with Gasteiger partial charge in [0.2, 0.25) is 0 Å². The van der Waals surface area contributed by atoms with Gasteiger partial charge >= 0.3 is 0 Å². The predicted molar refractivity (Wildman–Crippen MR) is 48.0 cm³/mol. The van der Waals surface area contributed by atoms with Crippen LogP contribution in [-0.2, 0) is 4.74 Å². The van der Waals surface area contributed by atoms with E-state index in [0.29, 0.717) is 6.02 Å². The number of amidine groups is 1. The Balaban J connectivity index is 2.12. The molecule has 2 N–H and O–H groups in total. The predicted octanol–water partition coefficient (Wildman–Crippen LogP) is 1.42. The van der Waals surface area contributed by atoms with Gasteiger partial charge in [-0.1, -0.05) is 6.42 Å². The zero-order chi connectivity index (χ0) is 8.60. The van der Waals surface area contributed by atoms with Crippen LogP contribution in [0.25, 0.3) is 0 Å². The van der Waals surface area contributed by atoms with E-state index in [2.05, 4.69) is 11.9 Å². The summed E-state index contributed by atoms with van der Waals surface area (Å²) in [6, 6.07) is 0.655. The summed E-state index contributed by atoms with van der Waals surface area (Å²) in [4.78, 5) is 4.24. The van der Waals surface area contributed by atoms with Gasteiger partial charge in [-0.3, -0.25) is 0 Å². The Labute approximate surface area is 73.0 Å². The molecule has 1 aliphatic carbocycles. The van der Waals surface area contributed by atoms with Crippen molar-refractivity contribution in [3.63, 3.8) is 0 Å². The van der Waals surface area contributed by atoms with Crippen LogP contribution in [0.1, 0.15) is 39.0 Å². The second kappa shape index (κ2) is 2.64. The molecule has 3 heteroatoms. The topological polar surface area (TPSA) is 47.6 Å². The molecule has 1 heterocycles. The molecular formula is C9H16N2O. The van der Waals surface area contributed by atoms with Crippen LogP contribution in [0.4, 0.5) is 0 Å². The van der Waals surface area contributed by atoms with Crippen molar-refractivity contribution >= 4 is 6.02 Å². The molecule has 0 aromatic rings. The second-order valence-electron chi connectivity index (χ2n) is 3.87. The molecular weight excluding hydrogens is 152 g/mol. The third-order valence-electron chi connectivity index (χ3n) is 3.09. The molecule has 2 rings (SSSR count). The van der Waals surface area contributed by atoms with E-state index >= 15 is 0 Å². The number of ether oxygens (including phenoxy) is 1. The van der Waals surface area contributed by atoms with E-state index < -0.39 is 0 Å². The molecule has 0 amide bonds. The largest absolute Gasteiger partial charge is 0.457 e. The van der Waals surface area contributed by atoms with Crippen molar-refractivity contribution in [2.24, 2.45) is 10.7 Å². The standard InChI is InChI=1S/C9H16N2O/c1-7-9(12-8(10)11-7)5-3-2-4-6-9/h7H,2-6H2,1H3,(H2,10,11). The fourth-order valence-electron chi connectivity index (χ4n) is 2.30. The van der Waals surface area contributed by atoms with Gasteiger partial charge in [0.05, 0.1) is 6.04 Å². The smallest absolute Gasteiger partial charge is 0.282 e. The van der Waals surface area contributed by atoms with E-state index in [1.165, 1.54) is 19.3 Å². The van der Waals surface area contributed by atoms with Gasteiger partial charge in [0, 0.05) is 0 Å². The molecule has 1 atom stereocenters. The summed E-state index contributed by atoms with van der Waals surface area (Å²) >= 11 is 0. The SMILES string of the molecule is CC1N=C(N)OC12CCCCC2. The molecule has 1 saturated carbocycles. The number of hydrogen-bond donors (Lipinski definition) is 1. The zero-order valence-corrected chi connectivity index (χ0v) is 7.55. The van der Waals surface area contributed by atoms with Crippen molar-refractivity contribution in [2.75, 3.05) is 0 Å². The minimum atomic E-state index is -0.0255. The molecule has 0 aromatic carbocycles. The Morgan fingerprint density at radius 1 is 1.42 bits per heavy atom. The molecule has 0 bridgehead atoms. The first kappa shape index (κ1) is 7.90.